The summed E-state index contributed by atoms with van der Waals surface area (Å²) in [5, 5.41) is 2.87. The van der Waals surface area contributed by atoms with E-state index in [2.05, 4.69) is 23.5 Å². The summed E-state index contributed by atoms with van der Waals surface area (Å²) >= 11 is 0. The topological polar surface area (TPSA) is 64.3 Å². The Morgan fingerprint density at radius 2 is 1.92 bits per heavy atom. The minimum absolute atomic E-state index is 0.208. The van der Waals surface area contributed by atoms with Crippen LogP contribution in [0.2, 0.25) is 0 Å². The van der Waals surface area contributed by atoms with Gasteiger partial charge in [0.05, 0.1) is 12.2 Å². The number of nitrogens with one attached hydrogen (secondary N) is 1. The van der Waals surface area contributed by atoms with Crippen LogP contribution in [-0.2, 0) is 19.4 Å². The fourth-order valence-electron chi connectivity index (χ4n) is 3.25. The summed E-state index contributed by atoms with van der Waals surface area (Å²) in [4.78, 5) is 12.5. The Balaban J connectivity index is 1.67. The van der Waals surface area contributed by atoms with Crippen LogP contribution in [0.5, 0.6) is 5.75 Å². The van der Waals surface area contributed by atoms with Gasteiger partial charge in [-0.1, -0.05) is 18.2 Å². The molecule has 0 atom stereocenters. The molecule has 1 aliphatic carbocycles. The van der Waals surface area contributed by atoms with Gasteiger partial charge in [0.25, 0.3) is 5.91 Å². The van der Waals surface area contributed by atoms with Gasteiger partial charge in [0.2, 0.25) is 0 Å². The van der Waals surface area contributed by atoms with E-state index in [1.807, 2.05) is 0 Å². The monoisotopic (exact) mass is 356 g/mol. The number of amides is 1. The number of benzene rings is 2. The van der Waals surface area contributed by atoms with Gasteiger partial charge in [0.1, 0.15) is 11.6 Å². The van der Waals surface area contributed by atoms with Crippen LogP contribution in [0.1, 0.15) is 46.3 Å². The standard InChI is InChI=1S/C21H25FN2O2/c22-18-8-9-20(26-11-3-10-23)19(13-18)21(25)24-14-15-6-7-16-4-1-2-5-17(16)12-15/h6-9,12-13H,1-5,10-11,14,23H2,(H,24,25). The molecule has 2 aromatic carbocycles. The highest BCUT2D eigenvalue weighted by Crippen LogP contribution is 2.23. The predicted molar refractivity (Wildman–Crippen MR) is 99.8 cm³/mol. The maximum Gasteiger partial charge on any atom is 0.255 e. The van der Waals surface area contributed by atoms with Crippen molar-refractivity contribution in [2.75, 3.05) is 13.2 Å². The van der Waals surface area contributed by atoms with E-state index in [0.29, 0.717) is 31.9 Å². The molecule has 0 radical (unpaired) electrons. The highest BCUT2D eigenvalue weighted by atomic mass is 19.1. The van der Waals surface area contributed by atoms with Crippen LogP contribution >= 0.6 is 0 Å². The number of fused-ring (bicyclic) bond motifs is 1. The van der Waals surface area contributed by atoms with E-state index in [1.165, 1.54) is 42.2 Å². The maximum atomic E-state index is 13.6. The Hall–Kier alpha value is -2.40. The van der Waals surface area contributed by atoms with E-state index in [1.54, 1.807) is 0 Å². The van der Waals surface area contributed by atoms with Crippen molar-refractivity contribution in [3.8, 4) is 5.75 Å². The first-order valence-corrected chi connectivity index (χ1v) is 9.18. The van der Waals surface area contributed by atoms with Gasteiger partial charge in [-0.2, -0.15) is 0 Å². The smallest absolute Gasteiger partial charge is 0.255 e. The number of hydrogen-bond donors (Lipinski definition) is 2. The van der Waals surface area contributed by atoms with Crippen LogP contribution in [0.25, 0.3) is 0 Å². The average Bonchev–Trinajstić information content (AvgIpc) is 2.67. The number of aryl methyl sites for hydroxylation is 2. The maximum absolute atomic E-state index is 13.6. The van der Waals surface area contributed by atoms with E-state index in [9.17, 15) is 9.18 Å². The second-order valence-electron chi connectivity index (χ2n) is 6.62. The van der Waals surface area contributed by atoms with E-state index in [-0.39, 0.29) is 11.5 Å². The first kappa shape index (κ1) is 18.4. The second kappa shape index (κ2) is 8.81. The lowest BCUT2D eigenvalue weighted by molar-refractivity contribution is 0.0946. The van der Waals surface area contributed by atoms with Crippen LogP contribution in [0.3, 0.4) is 0 Å². The molecule has 4 nitrogen and oxygen atoms in total. The van der Waals surface area contributed by atoms with E-state index < -0.39 is 5.82 Å². The van der Waals surface area contributed by atoms with Crippen molar-refractivity contribution < 1.29 is 13.9 Å². The highest BCUT2D eigenvalue weighted by Gasteiger charge is 2.15. The molecule has 2 aromatic rings. The molecule has 5 heteroatoms. The molecule has 3 rings (SSSR count). The van der Waals surface area contributed by atoms with Gasteiger partial charge in [-0.25, -0.2) is 4.39 Å². The summed E-state index contributed by atoms with van der Waals surface area (Å²) in [5.41, 5.74) is 9.50. The van der Waals surface area contributed by atoms with Gasteiger partial charge >= 0.3 is 0 Å². The van der Waals surface area contributed by atoms with Gasteiger partial charge in [-0.3, -0.25) is 4.79 Å². The zero-order valence-corrected chi connectivity index (χ0v) is 14.9. The summed E-state index contributed by atoms with van der Waals surface area (Å²) in [6.07, 6.45) is 5.37. The molecular weight excluding hydrogens is 331 g/mol. The Labute approximate surface area is 153 Å². The van der Waals surface area contributed by atoms with Crippen LogP contribution in [0, 0.1) is 5.82 Å². The van der Waals surface area contributed by atoms with Gasteiger partial charge in [0.15, 0.2) is 0 Å². The summed E-state index contributed by atoms with van der Waals surface area (Å²) in [6.45, 7) is 1.30. The summed E-state index contributed by atoms with van der Waals surface area (Å²) < 4.78 is 19.2. The van der Waals surface area contributed by atoms with Crippen molar-refractivity contribution in [1.29, 1.82) is 0 Å². The lowest BCUT2D eigenvalue weighted by Gasteiger charge is -2.17. The molecule has 1 amide bonds. The average molecular weight is 356 g/mol. The molecule has 0 heterocycles. The highest BCUT2D eigenvalue weighted by molar-refractivity contribution is 5.96. The molecule has 0 saturated carbocycles. The van der Waals surface area contributed by atoms with Gasteiger partial charge in [-0.15, -0.1) is 0 Å². The zero-order valence-electron chi connectivity index (χ0n) is 14.9. The third-order valence-electron chi connectivity index (χ3n) is 4.66. The quantitative estimate of drug-likeness (QED) is 0.748. The zero-order chi connectivity index (χ0) is 18.4. The van der Waals surface area contributed by atoms with E-state index in [0.717, 1.165) is 18.4 Å². The number of rotatable bonds is 7. The first-order chi connectivity index (χ1) is 12.7. The fourth-order valence-corrected chi connectivity index (χ4v) is 3.25. The molecule has 0 fully saturated rings. The number of carbonyl (C=O) groups is 1. The van der Waals surface area contributed by atoms with Crippen LogP contribution in [-0.4, -0.2) is 19.1 Å². The summed E-state index contributed by atoms with van der Waals surface area (Å²) in [6, 6.07) is 10.4. The van der Waals surface area contributed by atoms with Gasteiger partial charge in [0, 0.05) is 6.54 Å². The largest absolute Gasteiger partial charge is 0.493 e. The van der Waals surface area contributed by atoms with Gasteiger partial charge < -0.3 is 15.8 Å². The number of ether oxygens (including phenoxy) is 1. The number of hydrogen-bond acceptors (Lipinski definition) is 3. The van der Waals surface area contributed by atoms with Crippen molar-refractivity contribution in [3.63, 3.8) is 0 Å². The second-order valence-corrected chi connectivity index (χ2v) is 6.62. The Kier molecular flexibility index (Phi) is 6.23. The molecule has 0 aromatic heterocycles. The number of nitrogens with two attached hydrogens (primary N) is 1. The van der Waals surface area contributed by atoms with Crippen molar-refractivity contribution in [3.05, 3.63) is 64.5 Å². The molecule has 3 N–H and O–H groups in total. The van der Waals surface area contributed by atoms with Crippen LogP contribution < -0.4 is 15.8 Å². The third kappa shape index (κ3) is 4.61. The molecule has 138 valence electrons. The minimum Gasteiger partial charge on any atom is -0.493 e. The molecule has 26 heavy (non-hydrogen) atoms. The predicted octanol–water partition coefficient (Wildman–Crippen LogP) is 3.36. The minimum atomic E-state index is -0.463. The summed E-state index contributed by atoms with van der Waals surface area (Å²) in [7, 11) is 0. The van der Waals surface area contributed by atoms with Gasteiger partial charge in [-0.05, 0) is 73.5 Å². The molecule has 1 aliphatic rings. The Bertz CT molecular complexity index is 777. The van der Waals surface area contributed by atoms with Crippen LogP contribution in [0.4, 0.5) is 4.39 Å². The molecule has 0 aliphatic heterocycles. The van der Waals surface area contributed by atoms with E-state index in [4.69, 9.17) is 10.5 Å². The Morgan fingerprint density at radius 3 is 2.73 bits per heavy atom. The lowest BCUT2D eigenvalue weighted by Crippen LogP contribution is -2.24. The normalized spacial score (nSPS) is 13.2. The van der Waals surface area contributed by atoms with Crippen molar-refractivity contribution in [1.82, 2.24) is 5.32 Å². The van der Waals surface area contributed by atoms with Crippen molar-refractivity contribution in [2.24, 2.45) is 5.73 Å². The lowest BCUT2D eigenvalue weighted by atomic mass is 9.90. The molecule has 0 bridgehead atoms. The molecule has 0 spiro atoms. The molecular formula is C21H25FN2O2. The summed E-state index contributed by atoms with van der Waals surface area (Å²) in [5.74, 6) is -0.428. The first-order valence-electron chi connectivity index (χ1n) is 9.18. The SMILES string of the molecule is NCCCOc1ccc(F)cc1C(=O)NCc1ccc2c(c1)CCCC2. The third-order valence-corrected chi connectivity index (χ3v) is 4.66. The van der Waals surface area contributed by atoms with E-state index >= 15 is 0 Å². The number of carbonyl (C=O) groups excluding carboxylic acids is 1. The van der Waals surface area contributed by atoms with Crippen molar-refractivity contribution in [2.45, 2.75) is 38.6 Å². The van der Waals surface area contributed by atoms with Crippen molar-refractivity contribution >= 4 is 5.91 Å². The molecule has 0 saturated heterocycles. The molecule has 0 unspecified atom stereocenters. The van der Waals surface area contributed by atoms with Crippen LogP contribution in [0.15, 0.2) is 36.4 Å². The number of halogens is 1. The fraction of sp³-hybridized carbons (Fsp3) is 0.381. The Morgan fingerprint density at radius 1 is 1.12 bits per heavy atom.